The number of fused-ring (bicyclic) bond motifs is 1. The minimum Gasteiger partial charge on any atom is -0.451 e. The summed E-state index contributed by atoms with van der Waals surface area (Å²) in [6.07, 6.45) is 1.74. The van der Waals surface area contributed by atoms with E-state index in [1.807, 2.05) is 18.2 Å². The molecular formula is C25H24N6O5. The number of aromatic nitrogens is 4. The lowest BCUT2D eigenvalue weighted by molar-refractivity contribution is -0.121. The van der Waals surface area contributed by atoms with Crippen molar-refractivity contribution < 1.29 is 14.3 Å². The van der Waals surface area contributed by atoms with Crippen LogP contribution in [-0.4, -0.2) is 44.5 Å². The summed E-state index contributed by atoms with van der Waals surface area (Å²) in [4.78, 5) is 62.5. The molecule has 0 fully saturated rings. The second-order valence-electron chi connectivity index (χ2n) is 7.93. The van der Waals surface area contributed by atoms with Crippen LogP contribution >= 0.6 is 0 Å². The number of nitrogen functional groups attached to an aromatic ring is 1. The van der Waals surface area contributed by atoms with Crippen LogP contribution in [0.25, 0.3) is 11.0 Å². The molecule has 2 aromatic carbocycles. The highest BCUT2D eigenvalue weighted by atomic mass is 16.5. The Kier molecular flexibility index (Phi) is 7.19. The number of para-hydroxylation sites is 2. The van der Waals surface area contributed by atoms with Gasteiger partial charge in [0.1, 0.15) is 5.82 Å². The van der Waals surface area contributed by atoms with Crippen molar-refractivity contribution in [3.63, 3.8) is 0 Å². The van der Waals surface area contributed by atoms with Crippen molar-refractivity contribution in [2.75, 3.05) is 23.8 Å². The van der Waals surface area contributed by atoms with Gasteiger partial charge in [0.2, 0.25) is 0 Å². The van der Waals surface area contributed by atoms with Crippen LogP contribution in [0.5, 0.6) is 0 Å². The van der Waals surface area contributed by atoms with E-state index in [2.05, 4.69) is 15.0 Å². The van der Waals surface area contributed by atoms with Crippen molar-refractivity contribution in [3.8, 4) is 0 Å². The summed E-state index contributed by atoms with van der Waals surface area (Å²) in [6, 6.07) is 16.1. The first-order chi connectivity index (χ1) is 17.4. The van der Waals surface area contributed by atoms with E-state index in [9.17, 15) is 19.2 Å². The van der Waals surface area contributed by atoms with Gasteiger partial charge >= 0.3 is 11.7 Å². The Bertz CT molecular complexity index is 1530. The van der Waals surface area contributed by atoms with E-state index in [-0.39, 0.29) is 30.3 Å². The molecule has 0 atom stereocenters. The molecule has 3 N–H and O–H groups in total. The minimum absolute atomic E-state index is 0.0580. The first-order valence-electron chi connectivity index (χ1n) is 11.2. The summed E-state index contributed by atoms with van der Waals surface area (Å²) >= 11 is 0. The molecule has 0 aliphatic rings. The van der Waals surface area contributed by atoms with Gasteiger partial charge in [0.25, 0.3) is 11.5 Å². The van der Waals surface area contributed by atoms with Gasteiger partial charge in [-0.25, -0.2) is 14.6 Å². The minimum atomic E-state index is -0.839. The average Bonchev–Trinajstić information content (AvgIpc) is 2.89. The highest BCUT2D eigenvalue weighted by molar-refractivity contribution is 5.98. The van der Waals surface area contributed by atoms with E-state index in [4.69, 9.17) is 10.5 Å². The third kappa shape index (κ3) is 5.14. The zero-order chi connectivity index (χ0) is 25.7. The zero-order valence-corrected chi connectivity index (χ0v) is 19.5. The standard InChI is InChI=1S/C25H24N6O5/c1-2-12-30(20(32)15-36-24(34)19-13-27-17-10-6-7-11-18(17)28-19)21-22(26)31(25(35)29-23(21)33)14-16-8-4-3-5-9-16/h3-11,13H,2,12,14-15,26H2,1H3,(H,29,33,35). The Hall–Kier alpha value is -4.80. The van der Waals surface area contributed by atoms with Gasteiger partial charge in [0.15, 0.2) is 18.0 Å². The van der Waals surface area contributed by atoms with Crippen LogP contribution in [-0.2, 0) is 16.1 Å². The number of nitrogens with two attached hydrogens (primary N) is 1. The van der Waals surface area contributed by atoms with Crippen molar-refractivity contribution in [2.24, 2.45) is 0 Å². The summed E-state index contributed by atoms with van der Waals surface area (Å²) in [5, 5.41) is 0. The summed E-state index contributed by atoms with van der Waals surface area (Å²) in [7, 11) is 0. The predicted molar refractivity (Wildman–Crippen MR) is 134 cm³/mol. The van der Waals surface area contributed by atoms with Crippen LogP contribution < -0.4 is 21.9 Å². The first kappa shape index (κ1) is 24.3. The number of H-pyrrole nitrogens is 1. The molecule has 0 saturated carbocycles. The van der Waals surface area contributed by atoms with Crippen molar-refractivity contribution in [3.05, 3.63) is 92.9 Å². The molecule has 0 aliphatic heterocycles. The number of rotatable bonds is 8. The van der Waals surface area contributed by atoms with E-state index in [0.29, 0.717) is 17.5 Å². The molecule has 36 heavy (non-hydrogen) atoms. The smallest absolute Gasteiger partial charge is 0.359 e. The largest absolute Gasteiger partial charge is 0.451 e. The second kappa shape index (κ2) is 10.6. The van der Waals surface area contributed by atoms with Crippen LogP contribution in [0.1, 0.15) is 29.4 Å². The molecule has 1 amide bonds. The maximum Gasteiger partial charge on any atom is 0.359 e. The lowest BCUT2D eigenvalue weighted by atomic mass is 10.2. The number of hydrogen-bond acceptors (Lipinski definition) is 8. The third-order valence-corrected chi connectivity index (χ3v) is 5.40. The number of anilines is 2. The summed E-state index contributed by atoms with van der Waals surface area (Å²) in [5.41, 5.74) is 6.37. The lowest BCUT2D eigenvalue weighted by Gasteiger charge is -2.24. The number of esters is 1. The average molecular weight is 489 g/mol. The molecule has 184 valence electrons. The Morgan fingerprint density at radius 2 is 1.75 bits per heavy atom. The van der Waals surface area contributed by atoms with Gasteiger partial charge in [-0.15, -0.1) is 0 Å². The van der Waals surface area contributed by atoms with Crippen LogP contribution in [0.3, 0.4) is 0 Å². The van der Waals surface area contributed by atoms with Gasteiger partial charge in [-0.1, -0.05) is 49.4 Å². The molecule has 11 nitrogen and oxygen atoms in total. The molecule has 0 spiro atoms. The molecule has 4 rings (SSSR count). The number of nitrogens with one attached hydrogen (secondary N) is 1. The van der Waals surface area contributed by atoms with E-state index in [1.54, 1.807) is 43.3 Å². The molecule has 4 aromatic rings. The van der Waals surface area contributed by atoms with Gasteiger partial charge in [-0.3, -0.25) is 24.1 Å². The van der Waals surface area contributed by atoms with E-state index in [0.717, 1.165) is 10.5 Å². The second-order valence-corrected chi connectivity index (χ2v) is 7.93. The molecule has 0 saturated heterocycles. The Morgan fingerprint density at radius 1 is 1.06 bits per heavy atom. The fourth-order valence-corrected chi connectivity index (χ4v) is 3.68. The quantitative estimate of drug-likeness (QED) is 0.355. The fourth-order valence-electron chi connectivity index (χ4n) is 3.68. The SMILES string of the molecule is CCCN(C(=O)COC(=O)c1cnc2ccccc2n1)c1c(N)n(Cc2ccccc2)c(=O)[nH]c1=O. The number of carbonyl (C=O) groups is 2. The molecule has 0 bridgehead atoms. The molecule has 2 aromatic heterocycles. The van der Waals surface area contributed by atoms with Crippen LogP contribution in [0.4, 0.5) is 11.5 Å². The number of amides is 1. The Morgan fingerprint density at radius 3 is 2.47 bits per heavy atom. The maximum atomic E-state index is 13.1. The normalized spacial score (nSPS) is 10.8. The number of benzene rings is 2. The van der Waals surface area contributed by atoms with E-state index < -0.39 is 29.7 Å². The number of carbonyl (C=O) groups excluding carboxylic acids is 2. The van der Waals surface area contributed by atoms with Crippen molar-refractivity contribution in [1.82, 2.24) is 19.5 Å². The van der Waals surface area contributed by atoms with Gasteiger partial charge in [0, 0.05) is 6.54 Å². The predicted octanol–water partition coefficient (Wildman–Crippen LogP) is 1.71. The van der Waals surface area contributed by atoms with Crippen molar-refractivity contribution in [1.29, 1.82) is 0 Å². The highest BCUT2D eigenvalue weighted by Gasteiger charge is 2.25. The molecule has 0 radical (unpaired) electrons. The highest BCUT2D eigenvalue weighted by Crippen LogP contribution is 2.19. The summed E-state index contributed by atoms with van der Waals surface area (Å²) < 4.78 is 6.34. The Labute approximate surface area is 205 Å². The number of nitrogens with zero attached hydrogens (tertiary/aromatic N) is 4. The van der Waals surface area contributed by atoms with Crippen LogP contribution in [0.2, 0.25) is 0 Å². The van der Waals surface area contributed by atoms with E-state index in [1.165, 1.54) is 10.8 Å². The first-order valence-corrected chi connectivity index (χ1v) is 11.2. The summed E-state index contributed by atoms with van der Waals surface area (Å²) in [6.45, 7) is 1.35. The fraction of sp³-hybridized carbons (Fsp3) is 0.200. The molecule has 0 unspecified atom stereocenters. The zero-order valence-electron chi connectivity index (χ0n) is 19.5. The van der Waals surface area contributed by atoms with Gasteiger partial charge in [-0.05, 0) is 24.1 Å². The third-order valence-electron chi connectivity index (χ3n) is 5.40. The van der Waals surface area contributed by atoms with Crippen molar-refractivity contribution in [2.45, 2.75) is 19.9 Å². The number of ether oxygens (including phenoxy) is 1. The number of aromatic amines is 1. The van der Waals surface area contributed by atoms with Gasteiger partial charge < -0.3 is 15.4 Å². The molecule has 2 heterocycles. The van der Waals surface area contributed by atoms with Crippen LogP contribution in [0, 0.1) is 0 Å². The molecule has 0 aliphatic carbocycles. The van der Waals surface area contributed by atoms with Gasteiger partial charge in [0.05, 0.1) is 23.8 Å². The van der Waals surface area contributed by atoms with Crippen molar-refractivity contribution >= 4 is 34.4 Å². The van der Waals surface area contributed by atoms with Crippen LogP contribution in [0.15, 0.2) is 70.4 Å². The van der Waals surface area contributed by atoms with E-state index >= 15 is 0 Å². The number of hydrogen-bond donors (Lipinski definition) is 2. The lowest BCUT2D eigenvalue weighted by Crippen LogP contribution is -2.43. The summed E-state index contributed by atoms with van der Waals surface area (Å²) in [5.74, 6) is -1.68. The molecule has 11 heteroatoms. The van der Waals surface area contributed by atoms with Gasteiger partial charge in [-0.2, -0.15) is 0 Å². The monoisotopic (exact) mass is 488 g/mol. The topological polar surface area (TPSA) is 153 Å². The Balaban J connectivity index is 1.57. The molecular weight excluding hydrogens is 464 g/mol. The maximum absolute atomic E-state index is 13.1.